The lowest BCUT2D eigenvalue weighted by atomic mass is 10.5. The summed E-state index contributed by atoms with van der Waals surface area (Å²) in [6.45, 7) is 1.35. The van der Waals surface area contributed by atoms with Crippen LogP contribution < -0.4 is 5.32 Å². The van der Waals surface area contributed by atoms with E-state index in [1.807, 2.05) is 7.05 Å². The van der Waals surface area contributed by atoms with E-state index in [1.54, 1.807) is 0 Å². The number of hydrogen-bond acceptors (Lipinski definition) is 2. The highest BCUT2D eigenvalue weighted by Crippen LogP contribution is 2.24. The van der Waals surface area contributed by atoms with Gasteiger partial charge in [0.2, 0.25) is 0 Å². The van der Waals surface area contributed by atoms with E-state index in [-0.39, 0.29) is 6.54 Å². The first-order valence-electron chi connectivity index (χ1n) is 4.39. The van der Waals surface area contributed by atoms with Crippen molar-refractivity contribution >= 4 is 0 Å². The number of nitrogens with zero attached hydrogens (tertiary/aromatic N) is 1. The summed E-state index contributed by atoms with van der Waals surface area (Å²) >= 11 is 0. The lowest BCUT2D eigenvalue weighted by Crippen LogP contribution is -2.32. The van der Waals surface area contributed by atoms with Crippen LogP contribution in [0.4, 0.5) is 8.78 Å². The summed E-state index contributed by atoms with van der Waals surface area (Å²) in [5, 5.41) is 2.71. The molecule has 0 amide bonds. The third-order valence-electron chi connectivity index (χ3n) is 2.11. The van der Waals surface area contributed by atoms with Gasteiger partial charge in [-0.3, -0.25) is 0 Å². The van der Waals surface area contributed by atoms with E-state index < -0.39 is 6.43 Å². The molecule has 0 radical (unpaired) electrons. The van der Waals surface area contributed by atoms with Crippen molar-refractivity contribution < 1.29 is 8.78 Å². The van der Waals surface area contributed by atoms with Gasteiger partial charge < -0.3 is 10.2 Å². The van der Waals surface area contributed by atoms with E-state index in [4.69, 9.17) is 0 Å². The van der Waals surface area contributed by atoms with Gasteiger partial charge in [-0.15, -0.1) is 0 Å². The summed E-state index contributed by atoms with van der Waals surface area (Å²) in [7, 11) is 2.04. The first-order valence-corrected chi connectivity index (χ1v) is 4.39. The Labute approximate surface area is 71.9 Å². The van der Waals surface area contributed by atoms with Crippen molar-refractivity contribution in [3.05, 3.63) is 0 Å². The average Bonchev–Trinajstić information content (AvgIpc) is 2.79. The number of alkyl halides is 2. The Hall–Kier alpha value is -0.220. The van der Waals surface area contributed by atoms with Gasteiger partial charge in [0.25, 0.3) is 6.43 Å². The van der Waals surface area contributed by atoms with E-state index in [0.717, 1.165) is 12.6 Å². The topological polar surface area (TPSA) is 15.3 Å². The van der Waals surface area contributed by atoms with Crippen molar-refractivity contribution in [2.24, 2.45) is 0 Å². The maximum Gasteiger partial charge on any atom is 0.250 e. The van der Waals surface area contributed by atoms with E-state index in [0.29, 0.717) is 6.54 Å². The Morgan fingerprint density at radius 3 is 2.67 bits per heavy atom. The largest absolute Gasteiger partial charge is 0.310 e. The number of halogens is 2. The minimum Gasteiger partial charge on any atom is -0.310 e. The minimum absolute atomic E-state index is 0.182. The van der Waals surface area contributed by atoms with Crippen LogP contribution in [0.25, 0.3) is 0 Å². The Morgan fingerprint density at radius 1 is 1.50 bits per heavy atom. The predicted molar refractivity (Wildman–Crippen MR) is 44.5 cm³/mol. The zero-order chi connectivity index (χ0) is 8.97. The Bertz CT molecular complexity index is 126. The molecule has 0 spiro atoms. The highest BCUT2D eigenvalue weighted by atomic mass is 19.3. The molecule has 1 saturated carbocycles. The van der Waals surface area contributed by atoms with Crippen LogP contribution >= 0.6 is 0 Å². The molecule has 72 valence electrons. The zero-order valence-electron chi connectivity index (χ0n) is 7.39. The van der Waals surface area contributed by atoms with E-state index in [1.165, 1.54) is 12.8 Å². The van der Waals surface area contributed by atoms with Gasteiger partial charge >= 0.3 is 0 Å². The highest BCUT2D eigenvalue weighted by Gasteiger charge is 2.25. The SMILES string of the molecule is CN(CCNCC(F)F)C1CC1. The molecule has 1 rings (SSSR count). The van der Waals surface area contributed by atoms with Crippen molar-refractivity contribution in [1.29, 1.82) is 0 Å². The molecular formula is C8H16F2N2. The molecule has 0 aromatic rings. The van der Waals surface area contributed by atoms with Crippen LogP contribution in [0.1, 0.15) is 12.8 Å². The number of rotatable bonds is 6. The fraction of sp³-hybridized carbons (Fsp3) is 1.00. The van der Waals surface area contributed by atoms with Crippen LogP contribution in [0, 0.1) is 0 Å². The second-order valence-corrected chi connectivity index (χ2v) is 3.31. The second-order valence-electron chi connectivity index (χ2n) is 3.31. The maximum atomic E-state index is 11.7. The van der Waals surface area contributed by atoms with Gasteiger partial charge in [0.05, 0.1) is 6.54 Å². The fourth-order valence-electron chi connectivity index (χ4n) is 1.16. The smallest absolute Gasteiger partial charge is 0.250 e. The number of likely N-dealkylation sites (N-methyl/N-ethyl adjacent to an activating group) is 1. The summed E-state index contributed by atoms with van der Waals surface area (Å²) in [5.41, 5.74) is 0. The van der Waals surface area contributed by atoms with Crippen molar-refractivity contribution in [3.8, 4) is 0 Å². The summed E-state index contributed by atoms with van der Waals surface area (Å²) in [4.78, 5) is 2.22. The quantitative estimate of drug-likeness (QED) is 0.609. The van der Waals surface area contributed by atoms with Crippen LogP contribution in [0.3, 0.4) is 0 Å². The Kier molecular flexibility index (Phi) is 3.88. The van der Waals surface area contributed by atoms with Crippen molar-refractivity contribution in [3.63, 3.8) is 0 Å². The van der Waals surface area contributed by atoms with E-state index in [9.17, 15) is 8.78 Å². The molecule has 0 aromatic carbocycles. The van der Waals surface area contributed by atoms with Crippen molar-refractivity contribution in [1.82, 2.24) is 10.2 Å². The molecule has 0 aliphatic heterocycles. The summed E-state index contributed by atoms with van der Waals surface area (Å²) in [6, 6.07) is 0.721. The third-order valence-corrected chi connectivity index (χ3v) is 2.11. The molecule has 1 aliphatic rings. The van der Waals surface area contributed by atoms with Crippen LogP contribution in [0.2, 0.25) is 0 Å². The third kappa shape index (κ3) is 3.97. The normalized spacial score (nSPS) is 17.8. The summed E-state index contributed by atoms with van der Waals surface area (Å²) < 4.78 is 23.3. The predicted octanol–water partition coefficient (Wildman–Crippen LogP) is 0.935. The lowest BCUT2D eigenvalue weighted by Gasteiger charge is -2.15. The van der Waals surface area contributed by atoms with Crippen LogP contribution in [-0.4, -0.2) is 44.0 Å². The van der Waals surface area contributed by atoms with Crippen LogP contribution in [0.5, 0.6) is 0 Å². The standard InChI is InChI=1S/C8H16F2N2/c1-12(7-2-3-7)5-4-11-6-8(9)10/h7-8,11H,2-6H2,1H3. The molecular weight excluding hydrogens is 162 g/mol. The molecule has 0 aromatic heterocycles. The molecule has 1 aliphatic carbocycles. The van der Waals surface area contributed by atoms with Gasteiger partial charge in [-0.2, -0.15) is 0 Å². The van der Waals surface area contributed by atoms with E-state index in [2.05, 4.69) is 10.2 Å². The summed E-state index contributed by atoms with van der Waals surface area (Å²) in [6.07, 6.45) is 0.313. The highest BCUT2D eigenvalue weighted by molar-refractivity contribution is 4.82. The molecule has 12 heavy (non-hydrogen) atoms. The lowest BCUT2D eigenvalue weighted by molar-refractivity contribution is 0.144. The van der Waals surface area contributed by atoms with Crippen LogP contribution in [-0.2, 0) is 0 Å². The van der Waals surface area contributed by atoms with Crippen molar-refractivity contribution in [2.75, 3.05) is 26.7 Å². The van der Waals surface area contributed by atoms with Gasteiger partial charge in [0.15, 0.2) is 0 Å². The molecule has 0 saturated heterocycles. The van der Waals surface area contributed by atoms with Crippen LogP contribution in [0.15, 0.2) is 0 Å². The Morgan fingerprint density at radius 2 is 2.17 bits per heavy atom. The molecule has 4 heteroatoms. The first kappa shape index (κ1) is 9.86. The van der Waals surface area contributed by atoms with E-state index >= 15 is 0 Å². The minimum atomic E-state index is -2.23. The molecule has 2 nitrogen and oxygen atoms in total. The molecule has 0 unspecified atom stereocenters. The van der Waals surface area contributed by atoms with Gasteiger partial charge in [-0.05, 0) is 19.9 Å². The molecule has 1 N–H and O–H groups in total. The van der Waals surface area contributed by atoms with Gasteiger partial charge in [0, 0.05) is 19.1 Å². The molecule has 0 atom stereocenters. The second kappa shape index (κ2) is 4.72. The van der Waals surface area contributed by atoms with Gasteiger partial charge in [-0.1, -0.05) is 0 Å². The van der Waals surface area contributed by atoms with Gasteiger partial charge in [0.1, 0.15) is 0 Å². The zero-order valence-corrected chi connectivity index (χ0v) is 7.39. The van der Waals surface area contributed by atoms with Crippen molar-refractivity contribution in [2.45, 2.75) is 25.3 Å². The molecule has 0 bridgehead atoms. The first-order chi connectivity index (χ1) is 5.70. The summed E-state index contributed by atoms with van der Waals surface area (Å²) in [5.74, 6) is 0. The average molecular weight is 178 g/mol. The fourth-order valence-corrected chi connectivity index (χ4v) is 1.16. The monoisotopic (exact) mass is 178 g/mol. The number of hydrogen-bond donors (Lipinski definition) is 1. The van der Waals surface area contributed by atoms with Gasteiger partial charge in [-0.25, -0.2) is 8.78 Å². The maximum absolute atomic E-state index is 11.7. The molecule has 0 heterocycles. The number of nitrogens with one attached hydrogen (secondary N) is 1. The molecule has 1 fully saturated rings. The Balaban J connectivity index is 1.87.